The second kappa shape index (κ2) is 10.3. The fraction of sp³-hybridized carbons (Fsp3) is 0.650. The van der Waals surface area contributed by atoms with E-state index in [1.54, 1.807) is 7.11 Å². The maximum atomic E-state index is 11.1. The Morgan fingerprint density at radius 2 is 2.22 bits per heavy atom. The van der Waals surface area contributed by atoms with Crippen LogP contribution in [-0.4, -0.2) is 47.2 Å². The van der Waals surface area contributed by atoms with Crippen molar-refractivity contribution in [2.24, 2.45) is 0 Å². The molecule has 0 spiro atoms. The molecule has 0 aromatic heterocycles. The molecule has 1 aliphatic heterocycles. The Bertz CT molecular complexity index is 641. The van der Waals surface area contributed by atoms with Gasteiger partial charge in [0, 0.05) is 34.8 Å². The molecule has 4 N–H and O–H groups in total. The van der Waals surface area contributed by atoms with Crippen LogP contribution in [-0.2, 0) is 17.9 Å². The van der Waals surface area contributed by atoms with Crippen molar-refractivity contribution in [2.75, 3.05) is 19.5 Å². The number of unbranched alkanes of at least 4 members (excludes halogenated alkanes) is 1. The number of carboxylic acids is 1. The predicted molar refractivity (Wildman–Crippen MR) is 108 cm³/mol. The molecule has 0 radical (unpaired) electrons. The van der Waals surface area contributed by atoms with Gasteiger partial charge in [0.2, 0.25) is 0 Å². The Labute approximate surface area is 166 Å². The van der Waals surface area contributed by atoms with Gasteiger partial charge in [0.05, 0.1) is 13.7 Å². The van der Waals surface area contributed by atoms with Gasteiger partial charge in [-0.3, -0.25) is 10.1 Å². The number of fused-ring (bicyclic) bond motifs is 1. The van der Waals surface area contributed by atoms with Crippen molar-refractivity contribution in [3.63, 3.8) is 0 Å². The zero-order valence-electron chi connectivity index (χ0n) is 16.5. The summed E-state index contributed by atoms with van der Waals surface area (Å²) in [5.74, 6) is 0.695. The normalized spacial score (nSPS) is 20.6. The van der Waals surface area contributed by atoms with Crippen LogP contribution in [0.4, 0.5) is 0 Å². The number of hydrogen-bond acceptors (Lipinski definition) is 6. The summed E-state index contributed by atoms with van der Waals surface area (Å²) in [7, 11) is 1.63. The van der Waals surface area contributed by atoms with Gasteiger partial charge < -0.3 is 20.3 Å². The first-order valence-corrected chi connectivity index (χ1v) is 10.6. The number of aliphatic carboxylic acids is 1. The van der Waals surface area contributed by atoms with E-state index in [4.69, 9.17) is 9.84 Å². The monoisotopic (exact) mass is 396 g/mol. The highest BCUT2D eigenvalue weighted by Crippen LogP contribution is 2.37. The molecule has 27 heavy (non-hydrogen) atoms. The van der Waals surface area contributed by atoms with Crippen LogP contribution in [0.3, 0.4) is 0 Å². The van der Waals surface area contributed by atoms with E-state index < -0.39 is 18.6 Å². The molecule has 0 amide bonds. The SMILES string of the molecule is CCCC[C@]1(CC)CSc2cc(CNC(CO)C(=O)O)c(OC)cc2CN1. The van der Waals surface area contributed by atoms with Crippen LogP contribution in [0.25, 0.3) is 0 Å². The molecule has 0 aliphatic carbocycles. The number of benzene rings is 1. The van der Waals surface area contributed by atoms with Gasteiger partial charge in [-0.25, -0.2) is 0 Å². The number of carbonyl (C=O) groups is 1. The van der Waals surface area contributed by atoms with Gasteiger partial charge in [-0.05, 0) is 30.5 Å². The molecule has 152 valence electrons. The van der Waals surface area contributed by atoms with Crippen LogP contribution >= 0.6 is 11.8 Å². The van der Waals surface area contributed by atoms with E-state index in [0.29, 0.717) is 6.54 Å². The fourth-order valence-electron chi connectivity index (χ4n) is 3.34. The third kappa shape index (κ3) is 5.60. The molecule has 0 saturated heterocycles. The number of ether oxygens (including phenoxy) is 1. The zero-order chi connectivity index (χ0) is 19.9. The lowest BCUT2D eigenvalue weighted by Crippen LogP contribution is -2.45. The standard InChI is InChI=1S/C20H32N2O4S/c1-4-6-7-20(5-2)13-27-18-9-14(10-21-16(12-23)19(24)25)17(26-3)8-15(18)11-22-20/h8-9,16,21-23H,4-7,10-13H2,1-3H3,(H,24,25)/t16?,20-/m1/s1. The van der Waals surface area contributed by atoms with Gasteiger partial charge in [0.1, 0.15) is 11.8 Å². The maximum absolute atomic E-state index is 11.1. The Balaban J connectivity index is 2.19. The Hall–Kier alpha value is -1.28. The minimum atomic E-state index is -1.06. The van der Waals surface area contributed by atoms with Crippen molar-refractivity contribution in [2.45, 2.75) is 69.1 Å². The first-order valence-electron chi connectivity index (χ1n) is 9.63. The van der Waals surface area contributed by atoms with Gasteiger partial charge in [0.25, 0.3) is 0 Å². The van der Waals surface area contributed by atoms with E-state index in [-0.39, 0.29) is 5.54 Å². The molecule has 2 rings (SSSR count). The summed E-state index contributed by atoms with van der Waals surface area (Å²) in [6, 6.07) is 3.16. The molecule has 1 aromatic rings. The Morgan fingerprint density at radius 1 is 1.44 bits per heavy atom. The molecule has 7 heteroatoms. The minimum absolute atomic E-state index is 0.149. The minimum Gasteiger partial charge on any atom is -0.496 e. The molecular weight excluding hydrogens is 364 g/mol. The second-order valence-corrected chi connectivity index (χ2v) is 8.12. The summed E-state index contributed by atoms with van der Waals surface area (Å²) in [6.07, 6.45) is 4.67. The number of carboxylic acid groups (broad SMARTS) is 1. The molecule has 0 fully saturated rings. The van der Waals surface area contributed by atoms with Crippen LogP contribution in [0.5, 0.6) is 5.75 Å². The fourth-order valence-corrected chi connectivity index (χ4v) is 4.76. The van der Waals surface area contributed by atoms with Crippen LogP contribution in [0.2, 0.25) is 0 Å². The third-order valence-corrected chi connectivity index (χ3v) is 6.71. The number of rotatable bonds is 10. The molecule has 1 heterocycles. The number of methoxy groups -OCH3 is 1. The van der Waals surface area contributed by atoms with E-state index in [1.807, 2.05) is 17.8 Å². The zero-order valence-corrected chi connectivity index (χ0v) is 17.3. The molecule has 6 nitrogen and oxygen atoms in total. The van der Waals surface area contributed by atoms with Crippen LogP contribution in [0.15, 0.2) is 17.0 Å². The maximum Gasteiger partial charge on any atom is 0.323 e. The van der Waals surface area contributed by atoms with Gasteiger partial charge in [-0.15, -0.1) is 11.8 Å². The lowest BCUT2D eigenvalue weighted by molar-refractivity contribution is -0.140. The summed E-state index contributed by atoms with van der Waals surface area (Å²) >= 11 is 1.86. The number of hydrogen-bond donors (Lipinski definition) is 4. The van der Waals surface area contributed by atoms with E-state index in [1.165, 1.54) is 29.7 Å². The topological polar surface area (TPSA) is 90.8 Å². The molecule has 1 aliphatic rings. The van der Waals surface area contributed by atoms with Crippen molar-refractivity contribution < 1.29 is 19.7 Å². The molecular formula is C20H32N2O4S. The van der Waals surface area contributed by atoms with E-state index in [2.05, 4.69) is 30.5 Å². The van der Waals surface area contributed by atoms with E-state index >= 15 is 0 Å². The Morgan fingerprint density at radius 3 is 2.81 bits per heavy atom. The summed E-state index contributed by atoms with van der Waals surface area (Å²) in [6.45, 7) is 5.16. The smallest absolute Gasteiger partial charge is 0.323 e. The second-order valence-electron chi connectivity index (χ2n) is 7.11. The number of nitrogens with one attached hydrogen (secondary N) is 2. The quantitative estimate of drug-likeness (QED) is 0.483. The van der Waals surface area contributed by atoms with Crippen molar-refractivity contribution in [3.8, 4) is 5.75 Å². The highest BCUT2D eigenvalue weighted by Gasteiger charge is 2.30. The van der Waals surface area contributed by atoms with Crippen LogP contribution < -0.4 is 15.4 Å². The van der Waals surface area contributed by atoms with Crippen LogP contribution in [0.1, 0.15) is 50.7 Å². The summed E-state index contributed by atoms with van der Waals surface area (Å²) in [4.78, 5) is 12.3. The largest absolute Gasteiger partial charge is 0.496 e. The van der Waals surface area contributed by atoms with Gasteiger partial charge >= 0.3 is 5.97 Å². The van der Waals surface area contributed by atoms with Crippen LogP contribution in [0, 0.1) is 0 Å². The third-order valence-electron chi connectivity index (χ3n) is 5.33. The molecule has 1 unspecified atom stereocenters. The van der Waals surface area contributed by atoms with E-state index in [0.717, 1.165) is 30.0 Å². The summed E-state index contributed by atoms with van der Waals surface area (Å²) < 4.78 is 5.53. The molecule has 2 atom stereocenters. The lowest BCUT2D eigenvalue weighted by atomic mass is 9.91. The number of thioether (sulfide) groups is 1. The van der Waals surface area contributed by atoms with Gasteiger partial charge in [-0.1, -0.05) is 26.7 Å². The molecule has 0 bridgehead atoms. The number of aliphatic hydroxyl groups excluding tert-OH is 1. The average Bonchev–Trinajstić information content (AvgIpc) is 2.85. The van der Waals surface area contributed by atoms with Crippen molar-refractivity contribution in [3.05, 3.63) is 23.3 Å². The first-order chi connectivity index (χ1) is 13.0. The van der Waals surface area contributed by atoms with Crippen molar-refractivity contribution in [1.82, 2.24) is 10.6 Å². The highest BCUT2D eigenvalue weighted by molar-refractivity contribution is 7.99. The number of aliphatic hydroxyl groups is 1. The Kier molecular flexibility index (Phi) is 8.41. The van der Waals surface area contributed by atoms with Gasteiger partial charge in [-0.2, -0.15) is 0 Å². The summed E-state index contributed by atoms with van der Waals surface area (Å²) in [5, 5.41) is 25.0. The average molecular weight is 397 g/mol. The molecule has 1 aromatic carbocycles. The van der Waals surface area contributed by atoms with Crippen molar-refractivity contribution in [1.29, 1.82) is 0 Å². The van der Waals surface area contributed by atoms with Gasteiger partial charge in [0.15, 0.2) is 0 Å². The lowest BCUT2D eigenvalue weighted by Gasteiger charge is -2.32. The molecule has 0 saturated carbocycles. The summed E-state index contributed by atoms with van der Waals surface area (Å²) in [5.41, 5.74) is 2.27. The highest BCUT2D eigenvalue weighted by atomic mass is 32.2. The first kappa shape index (κ1) is 22.0. The predicted octanol–water partition coefficient (Wildman–Crippen LogP) is 2.76. The van der Waals surface area contributed by atoms with Crippen molar-refractivity contribution >= 4 is 17.7 Å². The van der Waals surface area contributed by atoms with E-state index in [9.17, 15) is 9.90 Å².